The van der Waals surface area contributed by atoms with E-state index in [0.29, 0.717) is 0 Å². The summed E-state index contributed by atoms with van der Waals surface area (Å²) >= 11 is 0. The molecule has 0 aliphatic heterocycles. The fraction of sp³-hybridized carbons (Fsp3) is 0.143. The molecule has 0 fully saturated rings. The Kier molecular flexibility index (Phi) is 8.51. The van der Waals surface area contributed by atoms with Gasteiger partial charge in [-0.05, 0) is 150 Å². The molecule has 0 saturated carbocycles. The summed E-state index contributed by atoms with van der Waals surface area (Å²) in [6, 6.07) is 71.7. The molecule has 9 aromatic rings. The largest absolute Gasteiger partial charge is 0.310 e. The minimum atomic E-state index is -0.0357. The van der Waals surface area contributed by atoms with Crippen molar-refractivity contribution in [2.24, 2.45) is 0 Å². The molecule has 59 heavy (non-hydrogen) atoms. The minimum absolute atomic E-state index is 0.0357. The van der Waals surface area contributed by atoms with Crippen LogP contribution in [0.5, 0.6) is 0 Å². The van der Waals surface area contributed by atoms with E-state index in [0.717, 1.165) is 25.7 Å². The van der Waals surface area contributed by atoms with Crippen molar-refractivity contribution < 1.29 is 0 Å². The second-order valence-corrected chi connectivity index (χ2v) is 16.7. The highest BCUT2D eigenvalue weighted by Gasteiger charge is 2.45. The van der Waals surface area contributed by atoms with E-state index in [1.165, 1.54) is 89.4 Å². The number of fused-ring (bicyclic) bond motifs is 7. The van der Waals surface area contributed by atoms with Crippen LogP contribution in [0.4, 0.5) is 34.1 Å². The van der Waals surface area contributed by atoms with Crippen LogP contribution in [-0.4, -0.2) is 4.57 Å². The van der Waals surface area contributed by atoms with Crippen LogP contribution < -0.4 is 9.80 Å². The molecule has 0 amide bonds. The van der Waals surface area contributed by atoms with Crippen LogP contribution in [0.3, 0.4) is 0 Å². The van der Waals surface area contributed by atoms with Gasteiger partial charge in [-0.2, -0.15) is 0 Å². The molecule has 1 aromatic heterocycles. The summed E-state index contributed by atoms with van der Waals surface area (Å²) in [4.78, 5) is 4.95. The maximum absolute atomic E-state index is 2.56. The van der Waals surface area contributed by atoms with Crippen molar-refractivity contribution in [1.82, 2.24) is 4.57 Å². The molecule has 8 aromatic carbocycles. The summed E-state index contributed by atoms with van der Waals surface area (Å²) in [5, 5.41) is 2.62. The topological polar surface area (TPSA) is 11.4 Å². The average Bonchev–Trinajstić information content (AvgIpc) is 3.96. The summed E-state index contributed by atoms with van der Waals surface area (Å²) in [7, 11) is 0. The molecule has 0 unspecified atom stereocenters. The first-order valence-electron chi connectivity index (χ1n) is 21.2. The molecule has 0 saturated heterocycles. The van der Waals surface area contributed by atoms with Gasteiger partial charge in [-0.15, -0.1) is 0 Å². The highest BCUT2D eigenvalue weighted by atomic mass is 15.2. The van der Waals surface area contributed by atoms with Crippen LogP contribution in [0.1, 0.15) is 60.4 Å². The van der Waals surface area contributed by atoms with E-state index in [-0.39, 0.29) is 11.3 Å². The van der Waals surface area contributed by atoms with Gasteiger partial charge in [0.25, 0.3) is 0 Å². The Bertz CT molecular complexity index is 2920. The Morgan fingerprint density at radius 3 is 1.51 bits per heavy atom. The van der Waals surface area contributed by atoms with Crippen molar-refractivity contribution in [1.29, 1.82) is 0 Å². The third-order valence-corrected chi connectivity index (χ3v) is 13.1. The molecule has 0 N–H and O–H groups in total. The molecular weight excluding hydrogens is 715 g/mol. The average molecular weight is 762 g/mol. The smallest absolute Gasteiger partial charge is 0.0545 e. The summed E-state index contributed by atoms with van der Waals surface area (Å²) in [6.07, 6.45) is 4.45. The third-order valence-electron chi connectivity index (χ3n) is 13.1. The van der Waals surface area contributed by atoms with Gasteiger partial charge in [-0.25, -0.2) is 0 Å². The lowest BCUT2D eigenvalue weighted by atomic mass is 9.76. The van der Waals surface area contributed by atoms with E-state index in [4.69, 9.17) is 0 Å². The lowest BCUT2D eigenvalue weighted by Crippen LogP contribution is -2.22. The van der Waals surface area contributed by atoms with Gasteiger partial charge in [0.15, 0.2) is 0 Å². The standard InChI is InChI=1S/C56H47N3/c1-39(2)54-52(31-32-53-55(54)48-25-15-16-26-51(48)59(53)45-23-13-6-14-24-45)58(44-21-11-5-12-22-44)47-30-28-41-34-36-56(50(41)38-47)35-33-40-27-29-46(37-49(40)56)57(42-17-7-3-8-18-42)43-19-9-4-10-20-43/h3-32,37-39H,33-36H2,1-2H3/t56-/m1/s1. The van der Waals surface area contributed by atoms with Gasteiger partial charge in [0.1, 0.15) is 0 Å². The number of aryl methyl sites for hydroxylation is 2. The molecule has 3 heteroatoms. The second-order valence-electron chi connectivity index (χ2n) is 16.7. The second kappa shape index (κ2) is 14.2. The van der Waals surface area contributed by atoms with Gasteiger partial charge in [0.2, 0.25) is 0 Å². The van der Waals surface area contributed by atoms with Gasteiger partial charge in [-0.3, -0.25) is 0 Å². The Balaban J connectivity index is 1.09. The van der Waals surface area contributed by atoms with Gasteiger partial charge in [0, 0.05) is 50.3 Å². The molecule has 286 valence electrons. The van der Waals surface area contributed by atoms with Crippen molar-refractivity contribution in [2.45, 2.75) is 50.9 Å². The van der Waals surface area contributed by atoms with Crippen LogP contribution >= 0.6 is 0 Å². The minimum Gasteiger partial charge on any atom is -0.310 e. The number of aromatic nitrogens is 1. The zero-order valence-electron chi connectivity index (χ0n) is 33.7. The Labute approximate surface area is 347 Å². The van der Waals surface area contributed by atoms with Crippen LogP contribution in [0.25, 0.3) is 27.5 Å². The normalized spacial score (nSPS) is 15.6. The van der Waals surface area contributed by atoms with Gasteiger partial charge in [0.05, 0.1) is 16.7 Å². The van der Waals surface area contributed by atoms with Gasteiger partial charge in [-0.1, -0.05) is 117 Å². The molecule has 1 spiro atoms. The van der Waals surface area contributed by atoms with Crippen LogP contribution in [-0.2, 0) is 18.3 Å². The van der Waals surface area contributed by atoms with Gasteiger partial charge < -0.3 is 14.4 Å². The molecule has 1 heterocycles. The number of hydrogen-bond acceptors (Lipinski definition) is 2. The first kappa shape index (κ1) is 35.3. The van der Waals surface area contributed by atoms with Crippen LogP contribution in [0, 0.1) is 0 Å². The molecule has 1 atom stereocenters. The van der Waals surface area contributed by atoms with Crippen molar-refractivity contribution >= 4 is 55.9 Å². The molecule has 0 radical (unpaired) electrons. The van der Waals surface area contributed by atoms with Crippen molar-refractivity contribution in [2.75, 3.05) is 9.80 Å². The fourth-order valence-corrected chi connectivity index (χ4v) is 10.6. The number of nitrogens with zero attached hydrogens (tertiary/aromatic N) is 3. The predicted molar refractivity (Wildman–Crippen MR) is 248 cm³/mol. The van der Waals surface area contributed by atoms with Crippen molar-refractivity contribution in [3.8, 4) is 5.69 Å². The monoisotopic (exact) mass is 761 g/mol. The molecule has 2 aliphatic rings. The fourth-order valence-electron chi connectivity index (χ4n) is 10.6. The van der Waals surface area contributed by atoms with E-state index in [1.54, 1.807) is 0 Å². The van der Waals surface area contributed by atoms with E-state index in [2.05, 4.69) is 222 Å². The van der Waals surface area contributed by atoms with E-state index >= 15 is 0 Å². The molecule has 0 bridgehead atoms. The Morgan fingerprint density at radius 2 is 0.949 bits per heavy atom. The lowest BCUT2D eigenvalue weighted by molar-refractivity contribution is 0.507. The highest BCUT2D eigenvalue weighted by molar-refractivity contribution is 6.13. The highest BCUT2D eigenvalue weighted by Crippen LogP contribution is 2.55. The summed E-state index contributed by atoms with van der Waals surface area (Å²) in [6.45, 7) is 4.71. The van der Waals surface area contributed by atoms with E-state index < -0.39 is 0 Å². The predicted octanol–water partition coefficient (Wildman–Crippen LogP) is 15.0. The van der Waals surface area contributed by atoms with E-state index in [9.17, 15) is 0 Å². The van der Waals surface area contributed by atoms with Gasteiger partial charge >= 0.3 is 0 Å². The molecule has 3 nitrogen and oxygen atoms in total. The first-order valence-corrected chi connectivity index (χ1v) is 21.2. The summed E-state index contributed by atoms with van der Waals surface area (Å²) < 4.78 is 2.44. The summed E-state index contributed by atoms with van der Waals surface area (Å²) in [5.41, 5.74) is 18.1. The number of rotatable bonds is 8. The van der Waals surface area contributed by atoms with Crippen LogP contribution in [0.15, 0.2) is 194 Å². The van der Waals surface area contributed by atoms with Crippen molar-refractivity contribution in [3.05, 3.63) is 222 Å². The van der Waals surface area contributed by atoms with Crippen LogP contribution in [0.2, 0.25) is 0 Å². The molecule has 11 rings (SSSR count). The van der Waals surface area contributed by atoms with Crippen molar-refractivity contribution in [3.63, 3.8) is 0 Å². The molecule has 2 aliphatic carbocycles. The Hall–Kier alpha value is -6.84. The lowest BCUT2D eigenvalue weighted by Gasteiger charge is -2.32. The summed E-state index contributed by atoms with van der Waals surface area (Å²) in [5.74, 6) is 0.271. The molecular formula is C56H47N3. The Morgan fingerprint density at radius 1 is 0.458 bits per heavy atom. The quantitative estimate of drug-likeness (QED) is 0.153. The zero-order valence-corrected chi connectivity index (χ0v) is 33.7. The number of anilines is 6. The maximum atomic E-state index is 2.56. The number of benzene rings is 8. The number of para-hydroxylation sites is 5. The SMILES string of the molecule is CC(C)c1c(N(c2ccccc2)c2ccc3c(c2)[C@]2(CCc4ccc(N(c5ccccc5)c5ccccc5)cc42)CC3)ccc2c1c1ccccc1n2-c1ccccc1. The number of hydrogen-bond donors (Lipinski definition) is 0. The first-order chi connectivity index (χ1) is 29.1. The van der Waals surface area contributed by atoms with E-state index in [1.807, 2.05) is 0 Å². The maximum Gasteiger partial charge on any atom is 0.0545 e. The zero-order chi connectivity index (χ0) is 39.5. The third kappa shape index (κ3) is 5.71.